The van der Waals surface area contributed by atoms with E-state index in [1.54, 1.807) is 18.2 Å². The first-order chi connectivity index (χ1) is 8.66. The molecule has 3 nitrogen and oxygen atoms in total. The molecule has 2 N–H and O–H groups in total. The lowest BCUT2D eigenvalue weighted by molar-refractivity contribution is 0.630. The summed E-state index contributed by atoms with van der Waals surface area (Å²) in [4.78, 5) is 8.79. The van der Waals surface area contributed by atoms with Crippen LogP contribution in [0.5, 0.6) is 0 Å². The summed E-state index contributed by atoms with van der Waals surface area (Å²) in [6, 6.07) is 6.62. The highest BCUT2D eigenvalue weighted by Crippen LogP contribution is 2.39. The Morgan fingerprint density at radius 2 is 1.94 bits per heavy atom. The van der Waals surface area contributed by atoms with Crippen molar-refractivity contribution in [1.29, 1.82) is 0 Å². The highest BCUT2D eigenvalue weighted by molar-refractivity contribution is 5.67. The van der Waals surface area contributed by atoms with E-state index in [0.29, 0.717) is 23.0 Å². The molecule has 1 aliphatic carbocycles. The number of aromatic nitrogens is 2. The van der Waals surface area contributed by atoms with E-state index in [9.17, 15) is 4.39 Å². The summed E-state index contributed by atoms with van der Waals surface area (Å²) in [5, 5.41) is 0. The normalized spacial score (nSPS) is 14.8. The Kier molecular flexibility index (Phi) is 2.51. The van der Waals surface area contributed by atoms with E-state index in [0.717, 1.165) is 24.2 Å². The Bertz CT molecular complexity index is 606. The van der Waals surface area contributed by atoms with Crippen molar-refractivity contribution in [3.8, 4) is 11.3 Å². The zero-order chi connectivity index (χ0) is 12.7. The first-order valence-electron chi connectivity index (χ1n) is 6.05. The Labute approximate surface area is 105 Å². The second kappa shape index (κ2) is 4.05. The second-order valence-corrected chi connectivity index (χ2v) is 4.69. The molecule has 0 radical (unpaired) electrons. The highest BCUT2D eigenvalue weighted by atomic mass is 19.1. The number of rotatable bonds is 2. The average molecular weight is 243 g/mol. The lowest BCUT2D eigenvalue weighted by atomic mass is 10.1. The minimum atomic E-state index is -0.277. The maximum Gasteiger partial charge on any atom is 0.134 e. The first kappa shape index (κ1) is 11.1. The third-order valence-electron chi connectivity index (χ3n) is 3.27. The Balaban J connectivity index is 2.18. The Hall–Kier alpha value is -1.97. The van der Waals surface area contributed by atoms with Gasteiger partial charge in [0.15, 0.2) is 0 Å². The van der Waals surface area contributed by atoms with Crippen molar-refractivity contribution in [2.45, 2.75) is 25.7 Å². The zero-order valence-corrected chi connectivity index (χ0v) is 10.2. The van der Waals surface area contributed by atoms with Gasteiger partial charge in [-0.15, -0.1) is 0 Å². The minimum absolute atomic E-state index is 0.277. The number of nitrogens with two attached hydrogens (primary N) is 1. The standard InChI is InChI=1S/C14H14FN3/c1-8-12(10-4-2-3-5-11(10)15)17-14(9-6-7-9)18-13(8)16/h2-5,9H,6-7H2,1H3,(H2,16,17,18). The topological polar surface area (TPSA) is 51.8 Å². The van der Waals surface area contributed by atoms with E-state index < -0.39 is 0 Å². The average Bonchev–Trinajstić information content (AvgIpc) is 3.18. The van der Waals surface area contributed by atoms with Gasteiger partial charge in [-0.2, -0.15) is 0 Å². The number of anilines is 1. The van der Waals surface area contributed by atoms with Crippen LogP contribution in [0.1, 0.15) is 30.1 Å². The van der Waals surface area contributed by atoms with Crippen LogP contribution in [-0.4, -0.2) is 9.97 Å². The van der Waals surface area contributed by atoms with Crippen LogP contribution < -0.4 is 5.73 Å². The van der Waals surface area contributed by atoms with E-state index in [1.807, 2.05) is 6.92 Å². The van der Waals surface area contributed by atoms with Gasteiger partial charge in [-0.3, -0.25) is 0 Å². The number of hydrogen-bond donors (Lipinski definition) is 1. The molecular formula is C14H14FN3. The lowest BCUT2D eigenvalue weighted by Gasteiger charge is -2.10. The van der Waals surface area contributed by atoms with E-state index in [-0.39, 0.29) is 5.82 Å². The summed E-state index contributed by atoms with van der Waals surface area (Å²) in [6.07, 6.45) is 2.19. The largest absolute Gasteiger partial charge is 0.383 e. The molecule has 0 atom stereocenters. The Morgan fingerprint density at radius 3 is 2.61 bits per heavy atom. The summed E-state index contributed by atoms with van der Waals surface area (Å²) in [6.45, 7) is 1.83. The molecule has 3 rings (SSSR count). The van der Waals surface area contributed by atoms with Crippen molar-refractivity contribution in [2.24, 2.45) is 0 Å². The molecule has 0 amide bonds. The summed E-state index contributed by atoms with van der Waals surface area (Å²) in [7, 11) is 0. The van der Waals surface area contributed by atoms with Crippen LogP contribution in [0.15, 0.2) is 24.3 Å². The SMILES string of the molecule is Cc1c(N)nc(C2CC2)nc1-c1ccccc1F. The van der Waals surface area contributed by atoms with Crippen LogP contribution in [0, 0.1) is 12.7 Å². The van der Waals surface area contributed by atoms with Gasteiger partial charge >= 0.3 is 0 Å². The number of halogens is 1. The summed E-state index contributed by atoms with van der Waals surface area (Å²) in [5.74, 6) is 1.32. The molecule has 1 aromatic heterocycles. The molecule has 4 heteroatoms. The second-order valence-electron chi connectivity index (χ2n) is 4.69. The molecule has 92 valence electrons. The quantitative estimate of drug-likeness (QED) is 0.882. The zero-order valence-electron chi connectivity index (χ0n) is 10.2. The van der Waals surface area contributed by atoms with Crippen molar-refractivity contribution in [3.63, 3.8) is 0 Å². The molecule has 1 saturated carbocycles. The number of nitrogen functional groups attached to an aromatic ring is 1. The lowest BCUT2D eigenvalue weighted by Crippen LogP contribution is -2.04. The molecule has 1 heterocycles. The van der Waals surface area contributed by atoms with Crippen LogP contribution in [0.4, 0.5) is 10.2 Å². The van der Waals surface area contributed by atoms with Gasteiger partial charge < -0.3 is 5.73 Å². The molecule has 18 heavy (non-hydrogen) atoms. The van der Waals surface area contributed by atoms with Crippen LogP contribution in [0.2, 0.25) is 0 Å². The van der Waals surface area contributed by atoms with Gasteiger partial charge in [0.2, 0.25) is 0 Å². The van der Waals surface area contributed by atoms with E-state index in [2.05, 4.69) is 9.97 Å². The fraction of sp³-hybridized carbons (Fsp3) is 0.286. The number of benzene rings is 1. The molecule has 0 unspecified atom stereocenters. The molecule has 0 saturated heterocycles. The van der Waals surface area contributed by atoms with Gasteiger partial charge in [0.1, 0.15) is 17.5 Å². The van der Waals surface area contributed by atoms with Crippen molar-refractivity contribution in [2.75, 3.05) is 5.73 Å². The van der Waals surface area contributed by atoms with Crippen LogP contribution in [-0.2, 0) is 0 Å². The van der Waals surface area contributed by atoms with Gasteiger partial charge in [-0.1, -0.05) is 12.1 Å². The summed E-state index contributed by atoms with van der Waals surface area (Å²) >= 11 is 0. The predicted molar refractivity (Wildman–Crippen MR) is 68.6 cm³/mol. The van der Waals surface area contributed by atoms with Crippen molar-refractivity contribution in [3.05, 3.63) is 41.5 Å². The number of nitrogens with zero attached hydrogens (tertiary/aromatic N) is 2. The van der Waals surface area contributed by atoms with Crippen LogP contribution >= 0.6 is 0 Å². The van der Waals surface area contributed by atoms with Crippen molar-refractivity contribution in [1.82, 2.24) is 9.97 Å². The molecule has 0 aliphatic heterocycles. The Morgan fingerprint density at radius 1 is 1.22 bits per heavy atom. The molecule has 0 bridgehead atoms. The van der Waals surface area contributed by atoms with Gasteiger partial charge in [0.25, 0.3) is 0 Å². The molecule has 0 spiro atoms. The number of hydrogen-bond acceptors (Lipinski definition) is 3. The van der Waals surface area contributed by atoms with Crippen molar-refractivity contribution < 1.29 is 4.39 Å². The van der Waals surface area contributed by atoms with Crippen LogP contribution in [0.25, 0.3) is 11.3 Å². The molecule has 2 aromatic rings. The summed E-state index contributed by atoms with van der Waals surface area (Å²) in [5.41, 5.74) is 7.75. The minimum Gasteiger partial charge on any atom is -0.383 e. The fourth-order valence-electron chi connectivity index (χ4n) is 1.99. The third kappa shape index (κ3) is 1.83. The van der Waals surface area contributed by atoms with E-state index in [1.165, 1.54) is 6.07 Å². The van der Waals surface area contributed by atoms with E-state index >= 15 is 0 Å². The maximum atomic E-state index is 13.8. The monoisotopic (exact) mass is 243 g/mol. The van der Waals surface area contributed by atoms with Gasteiger partial charge in [0, 0.05) is 17.0 Å². The smallest absolute Gasteiger partial charge is 0.134 e. The molecule has 1 fully saturated rings. The predicted octanol–water partition coefficient (Wildman–Crippen LogP) is 3.05. The van der Waals surface area contributed by atoms with Gasteiger partial charge in [0.05, 0.1) is 5.69 Å². The van der Waals surface area contributed by atoms with Crippen LogP contribution in [0.3, 0.4) is 0 Å². The molecule has 1 aliphatic rings. The molecular weight excluding hydrogens is 229 g/mol. The molecule has 1 aromatic carbocycles. The third-order valence-corrected chi connectivity index (χ3v) is 3.27. The highest BCUT2D eigenvalue weighted by Gasteiger charge is 2.28. The summed E-state index contributed by atoms with van der Waals surface area (Å²) < 4.78 is 13.8. The van der Waals surface area contributed by atoms with Gasteiger partial charge in [-0.05, 0) is 31.9 Å². The van der Waals surface area contributed by atoms with Crippen molar-refractivity contribution >= 4 is 5.82 Å². The first-order valence-corrected chi connectivity index (χ1v) is 6.05. The fourth-order valence-corrected chi connectivity index (χ4v) is 1.99. The maximum absolute atomic E-state index is 13.8. The van der Waals surface area contributed by atoms with E-state index in [4.69, 9.17) is 5.73 Å². The van der Waals surface area contributed by atoms with Gasteiger partial charge in [-0.25, -0.2) is 14.4 Å².